The Labute approximate surface area is 223 Å². The zero-order chi connectivity index (χ0) is 27.0. The van der Waals surface area contributed by atoms with Gasteiger partial charge in [-0.05, 0) is 79.1 Å². The fraction of sp³-hybridized carbons (Fsp3) is 0.207. The highest BCUT2D eigenvalue weighted by Gasteiger charge is 2.39. The normalized spacial score (nSPS) is 18.5. The third-order valence-electron chi connectivity index (χ3n) is 7.22. The highest BCUT2D eigenvalue weighted by molar-refractivity contribution is 6.34. The van der Waals surface area contributed by atoms with Crippen molar-refractivity contribution in [3.63, 3.8) is 0 Å². The van der Waals surface area contributed by atoms with Crippen molar-refractivity contribution >= 4 is 40.8 Å². The summed E-state index contributed by atoms with van der Waals surface area (Å²) < 4.78 is 13.6. The van der Waals surface area contributed by atoms with Crippen molar-refractivity contribution in [2.75, 3.05) is 16.8 Å². The Morgan fingerprint density at radius 1 is 1.03 bits per heavy atom. The van der Waals surface area contributed by atoms with Crippen LogP contribution in [-0.2, 0) is 11.2 Å². The molecule has 2 amide bonds. The Hall–Kier alpha value is -4.17. The number of aromatic hydroxyl groups is 1. The van der Waals surface area contributed by atoms with Gasteiger partial charge in [0.2, 0.25) is 0 Å². The third kappa shape index (κ3) is 4.87. The maximum absolute atomic E-state index is 13.6. The number of carbonyl (C=O) groups is 3. The largest absolute Gasteiger partial charge is 0.506 e. The number of carbonyl (C=O) groups excluding carboxylic acids is 2. The van der Waals surface area contributed by atoms with E-state index in [1.54, 1.807) is 4.90 Å². The van der Waals surface area contributed by atoms with Gasteiger partial charge in [-0.15, -0.1) is 0 Å². The maximum Gasteiger partial charge on any atom is 0.331 e. The summed E-state index contributed by atoms with van der Waals surface area (Å²) in [5.41, 5.74) is 1.92. The molecule has 5 rings (SSSR count). The van der Waals surface area contributed by atoms with Crippen LogP contribution in [0.4, 0.5) is 15.8 Å². The van der Waals surface area contributed by atoms with Crippen molar-refractivity contribution in [2.24, 2.45) is 5.41 Å². The van der Waals surface area contributed by atoms with Crippen molar-refractivity contribution in [1.82, 2.24) is 0 Å². The van der Waals surface area contributed by atoms with Gasteiger partial charge in [-0.1, -0.05) is 35.9 Å². The highest BCUT2D eigenvalue weighted by atomic mass is 35.5. The molecule has 1 spiro atoms. The van der Waals surface area contributed by atoms with E-state index in [9.17, 15) is 29.0 Å². The number of nitrogens with one attached hydrogen (secondary N) is 1. The van der Waals surface area contributed by atoms with Gasteiger partial charge in [-0.3, -0.25) is 9.59 Å². The van der Waals surface area contributed by atoms with Gasteiger partial charge < -0.3 is 20.4 Å². The van der Waals surface area contributed by atoms with Crippen LogP contribution in [0.2, 0.25) is 5.02 Å². The molecule has 9 heteroatoms. The molecule has 0 bridgehead atoms. The number of rotatable bonds is 4. The summed E-state index contributed by atoms with van der Waals surface area (Å²) in [5.74, 6) is -2.91. The van der Waals surface area contributed by atoms with E-state index < -0.39 is 17.7 Å². The predicted molar refractivity (Wildman–Crippen MR) is 141 cm³/mol. The minimum Gasteiger partial charge on any atom is -0.506 e. The monoisotopic (exact) mass is 534 g/mol. The Balaban J connectivity index is 1.40. The first-order valence-electron chi connectivity index (χ1n) is 12.1. The van der Waals surface area contributed by atoms with Gasteiger partial charge in [0.25, 0.3) is 11.8 Å². The summed E-state index contributed by atoms with van der Waals surface area (Å²) in [6.45, 7) is 0.372. The lowest BCUT2D eigenvalue weighted by Crippen LogP contribution is -2.33. The van der Waals surface area contributed by atoms with Crippen molar-refractivity contribution in [1.29, 1.82) is 0 Å². The Bertz CT molecular complexity index is 1500. The van der Waals surface area contributed by atoms with Crippen LogP contribution in [-0.4, -0.2) is 34.5 Å². The molecule has 0 saturated heterocycles. The van der Waals surface area contributed by atoms with E-state index in [2.05, 4.69) is 5.32 Å². The number of aliphatic carboxylic acids is 1. The number of halogens is 2. The van der Waals surface area contributed by atoms with Gasteiger partial charge in [-0.2, -0.15) is 0 Å². The predicted octanol–water partition coefficient (Wildman–Crippen LogP) is 5.82. The molecule has 2 aliphatic rings. The standard InChI is InChI=1S/C29H24ClFN2O5/c30-22-7-6-20(31)14-21(22)26(35)32-23-8-5-17(13-25(23)34)27(36)33-12-11-29(10-9-19(16-29)28(37)38)15-18-3-1-2-4-24(18)33/h1-8,13-14,16,34H,9-12,15H2,(H,32,35)(H,37,38)/t29-/m0/s1. The van der Waals surface area contributed by atoms with E-state index in [-0.39, 0.29) is 38.9 Å². The molecule has 0 unspecified atom stereocenters. The molecule has 3 N–H and O–H groups in total. The summed E-state index contributed by atoms with van der Waals surface area (Å²) >= 11 is 6.00. The average molecular weight is 535 g/mol. The lowest BCUT2D eigenvalue weighted by molar-refractivity contribution is -0.132. The van der Waals surface area contributed by atoms with Crippen LogP contribution in [0.1, 0.15) is 45.5 Å². The number of phenols is 1. The SMILES string of the molecule is O=C(O)C1=C[C@@]2(CC1)CCN(C(=O)c1ccc(NC(=O)c3cc(F)ccc3Cl)c(O)c1)c1ccccc1C2. The van der Waals surface area contributed by atoms with Crippen LogP contribution in [0.5, 0.6) is 5.75 Å². The number of amides is 2. The molecule has 7 nitrogen and oxygen atoms in total. The first-order valence-corrected chi connectivity index (χ1v) is 12.5. The zero-order valence-corrected chi connectivity index (χ0v) is 21.0. The minimum atomic E-state index is -0.908. The first kappa shape index (κ1) is 25.5. The van der Waals surface area contributed by atoms with Crippen molar-refractivity contribution in [3.8, 4) is 5.75 Å². The van der Waals surface area contributed by atoms with Gasteiger partial charge in [0, 0.05) is 23.4 Å². The number of hydrogen-bond donors (Lipinski definition) is 3. The number of fused-ring (bicyclic) bond motifs is 1. The number of para-hydroxylation sites is 1. The zero-order valence-electron chi connectivity index (χ0n) is 20.2. The van der Waals surface area contributed by atoms with E-state index in [4.69, 9.17) is 11.6 Å². The van der Waals surface area contributed by atoms with Crippen molar-refractivity contribution < 1.29 is 29.0 Å². The fourth-order valence-corrected chi connectivity index (χ4v) is 5.45. The van der Waals surface area contributed by atoms with E-state index in [0.29, 0.717) is 37.8 Å². The number of allylic oxidation sites excluding steroid dienone is 1. The van der Waals surface area contributed by atoms with Gasteiger partial charge in [0.05, 0.1) is 16.3 Å². The van der Waals surface area contributed by atoms with Crippen molar-refractivity contribution in [2.45, 2.75) is 25.7 Å². The fourth-order valence-electron chi connectivity index (χ4n) is 5.25. The second kappa shape index (κ2) is 9.95. The van der Waals surface area contributed by atoms with Crippen LogP contribution >= 0.6 is 11.6 Å². The van der Waals surface area contributed by atoms with Crippen LogP contribution in [0.15, 0.2) is 72.3 Å². The number of hydrogen-bond acceptors (Lipinski definition) is 4. The number of nitrogens with zero attached hydrogens (tertiary/aromatic N) is 1. The Morgan fingerprint density at radius 2 is 1.82 bits per heavy atom. The van der Waals surface area contributed by atoms with Gasteiger partial charge in [-0.25, -0.2) is 9.18 Å². The summed E-state index contributed by atoms with van der Waals surface area (Å²) in [6.07, 6.45) is 4.28. The smallest absolute Gasteiger partial charge is 0.331 e. The molecule has 194 valence electrons. The maximum atomic E-state index is 13.6. The van der Waals surface area contributed by atoms with E-state index in [1.807, 2.05) is 30.3 Å². The molecule has 1 heterocycles. The average Bonchev–Trinajstić information content (AvgIpc) is 3.24. The van der Waals surface area contributed by atoms with Crippen LogP contribution in [0, 0.1) is 11.2 Å². The molecule has 0 radical (unpaired) electrons. The van der Waals surface area contributed by atoms with Crippen LogP contribution in [0.25, 0.3) is 0 Å². The Kier molecular flexibility index (Phi) is 6.67. The number of anilines is 2. The Morgan fingerprint density at radius 3 is 2.55 bits per heavy atom. The topological polar surface area (TPSA) is 107 Å². The molecule has 0 fully saturated rings. The molecular weight excluding hydrogens is 511 g/mol. The lowest BCUT2D eigenvalue weighted by atomic mass is 9.79. The molecular formula is C29H24ClFN2O5. The summed E-state index contributed by atoms with van der Waals surface area (Å²) in [4.78, 5) is 39.4. The van der Waals surface area contributed by atoms with Gasteiger partial charge in [0.15, 0.2) is 0 Å². The summed E-state index contributed by atoms with van der Waals surface area (Å²) in [5, 5.41) is 22.6. The lowest BCUT2D eigenvalue weighted by Gasteiger charge is -2.26. The molecule has 3 aromatic carbocycles. The molecule has 0 aromatic heterocycles. The van der Waals surface area contributed by atoms with Gasteiger partial charge >= 0.3 is 5.97 Å². The quantitative estimate of drug-likeness (QED) is 0.366. The first-order chi connectivity index (χ1) is 18.2. The van der Waals surface area contributed by atoms with Gasteiger partial charge in [0.1, 0.15) is 11.6 Å². The highest BCUT2D eigenvalue weighted by Crippen LogP contribution is 2.46. The van der Waals surface area contributed by atoms with E-state index in [1.165, 1.54) is 24.3 Å². The molecule has 38 heavy (non-hydrogen) atoms. The molecule has 1 aliphatic carbocycles. The van der Waals surface area contributed by atoms with Crippen molar-refractivity contribution in [3.05, 3.63) is 99.8 Å². The molecule has 3 aromatic rings. The van der Waals surface area contributed by atoms with E-state index in [0.717, 1.165) is 23.4 Å². The number of carboxylic acids is 1. The number of carboxylic acid groups (broad SMARTS) is 1. The third-order valence-corrected chi connectivity index (χ3v) is 7.55. The molecule has 1 aliphatic heterocycles. The number of benzene rings is 3. The summed E-state index contributed by atoms with van der Waals surface area (Å²) in [6, 6.07) is 15.1. The second-order valence-corrected chi connectivity index (χ2v) is 10.1. The minimum absolute atomic E-state index is 0.0411. The summed E-state index contributed by atoms with van der Waals surface area (Å²) in [7, 11) is 0. The number of phenolic OH excluding ortho intramolecular Hbond substituents is 1. The van der Waals surface area contributed by atoms with Crippen LogP contribution < -0.4 is 10.2 Å². The van der Waals surface area contributed by atoms with Crippen LogP contribution in [0.3, 0.4) is 0 Å². The molecule has 0 saturated carbocycles. The molecule has 1 atom stereocenters. The second-order valence-electron chi connectivity index (χ2n) is 9.66. The van der Waals surface area contributed by atoms with E-state index >= 15 is 0 Å².